The van der Waals surface area contributed by atoms with Crippen molar-refractivity contribution in [1.82, 2.24) is 14.7 Å². The maximum atomic E-state index is 4.83. The molecule has 3 aromatic carbocycles. The molecule has 1 aliphatic heterocycles. The summed E-state index contributed by atoms with van der Waals surface area (Å²) in [6.07, 6.45) is 4.36. The van der Waals surface area contributed by atoms with Crippen molar-refractivity contribution in [3.8, 4) is 0 Å². The monoisotopic (exact) mass is 407 g/mol. The van der Waals surface area contributed by atoms with E-state index in [1.807, 2.05) is 4.68 Å². The van der Waals surface area contributed by atoms with E-state index in [0.717, 1.165) is 44.7 Å². The van der Waals surface area contributed by atoms with Gasteiger partial charge in [-0.25, -0.2) is 0 Å². The van der Waals surface area contributed by atoms with Crippen LogP contribution in [0.4, 0.5) is 0 Å². The molecule has 0 radical (unpaired) electrons. The van der Waals surface area contributed by atoms with Crippen molar-refractivity contribution in [2.24, 2.45) is 0 Å². The molecule has 3 nitrogen and oxygen atoms in total. The number of nitrogens with zero attached hydrogens (tertiary/aromatic N) is 3. The Kier molecular flexibility index (Phi) is 5.68. The summed E-state index contributed by atoms with van der Waals surface area (Å²) in [6.45, 7) is 3.90. The molecular formula is C28H29N3. The maximum Gasteiger partial charge on any atom is 0.0764 e. The van der Waals surface area contributed by atoms with E-state index >= 15 is 0 Å². The van der Waals surface area contributed by atoms with Gasteiger partial charge in [0.25, 0.3) is 0 Å². The molecule has 1 fully saturated rings. The lowest BCUT2D eigenvalue weighted by molar-refractivity contribution is 0.170. The van der Waals surface area contributed by atoms with Gasteiger partial charge in [0, 0.05) is 18.2 Å². The van der Waals surface area contributed by atoms with Crippen molar-refractivity contribution < 1.29 is 0 Å². The molecule has 0 bridgehead atoms. The molecule has 0 amide bonds. The quantitative estimate of drug-likeness (QED) is 0.420. The van der Waals surface area contributed by atoms with Gasteiger partial charge in [0.15, 0.2) is 0 Å². The van der Waals surface area contributed by atoms with Gasteiger partial charge in [-0.05, 0) is 48.7 Å². The molecule has 4 aromatic rings. The van der Waals surface area contributed by atoms with Gasteiger partial charge in [-0.3, -0.25) is 9.58 Å². The second-order valence-corrected chi connectivity index (χ2v) is 8.58. The van der Waals surface area contributed by atoms with Crippen molar-refractivity contribution in [2.45, 2.75) is 31.3 Å². The van der Waals surface area contributed by atoms with Crippen molar-refractivity contribution >= 4 is 0 Å². The van der Waals surface area contributed by atoms with Crippen molar-refractivity contribution in [2.75, 3.05) is 13.1 Å². The first-order chi connectivity index (χ1) is 15.3. The Hall–Kier alpha value is -3.17. The van der Waals surface area contributed by atoms with Crippen LogP contribution in [0.25, 0.3) is 0 Å². The van der Waals surface area contributed by atoms with E-state index in [9.17, 15) is 0 Å². The predicted octanol–water partition coefficient (Wildman–Crippen LogP) is 5.51. The molecular weight excluding hydrogens is 378 g/mol. The highest BCUT2D eigenvalue weighted by atomic mass is 15.3. The average molecular weight is 408 g/mol. The largest absolute Gasteiger partial charge is 0.297 e. The minimum atomic E-state index is 0.103. The summed E-state index contributed by atoms with van der Waals surface area (Å²) in [5, 5.41) is 4.83. The Bertz CT molecular complexity index is 1040. The molecule has 5 rings (SSSR count). The van der Waals surface area contributed by atoms with Gasteiger partial charge in [-0.1, -0.05) is 91.0 Å². The lowest BCUT2D eigenvalue weighted by Gasteiger charge is -2.42. The van der Waals surface area contributed by atoms with Gasteiger partial charge in [-0.15, -0.1) is 0 Å². The zero-order chi connectivity index (χ0) is 20.9. The van der Waals surface area contributed by atoms with Crippen LogP contribution in [0.1, 0.15) is 35.2 Å². The molecule has 0 spiro atoms. The number of likely N-dealkylation sites (tertiary alicyclic amines) is 1. The fourth-order valence-corrected chi connectivity index (χ4v) is 4.93. The van der Waals surface area contributed by atoms with Crippen LogP contribution in [0.15, 0.2) is 103 Å². The maximum absolute atomic E-state index is 4.83. The molecule has 0 N–H and O–H groups in total. The normalized spacial score (nSPS) is 16.3. The molecule has 0 aliphatic carbocycles. The fourth-order valence-electron chi connectivity index (χ4n) is 4.93. The van der Waals surface area contributed by atoms with E-state index in [2.05, 4.69) is 108 Å². The lowest BCUT2D eigenvalue weighted by Crippen LogP contribution is -2.43. The summed E-state index contributed by atoms with van der Waals surface area (Å²) in [7, 11) is 0. The highest BCUT2D eigenvalue weighted by Gasteiger charge is 2.37. The molecule has 1 aliphatic rings. The standard InChI is InChI=1S/C28H29N3/c1-4-10-24(11-5-1)22-31-19-16-27(29-31)23-30-20-17-28(18-21-30,25-12-6-2-7-13-25)26-14-8-3-9-15-26/h1-16,19H,17-18,20-23H2. The zero-order valence-electron chi connectivity index (χ0n) is 17.9. The Balaban J connectivity index is 1.28. The fraction of sp³-hybridized carbons (Fsp3) is 0.250. The number of hydrogen-bond donors (Lipinski definition) is 0. The number of benzene rings is 3. The summed E-state index contributed by atoms with van der Waals surface area (Å²) >= 11 is 0. The summed E-state index contributed by atoms with van der Waals surface area (Å²) in [4.78, 5) is 2.55. The van der Waals surface area contributed by atoms with Gasteiger partial charge < -0.3 is 0 Å². The molecule has 0 atom stereocenters. The lowest BCUT2D eigenvalue weighted by atomic mass is 9.68. The summed E-state index contributed by atoms with van der Waals surface area (Å²) in [5.41, 5.74) is 5.42. The van der Waals surface area contributed by atoms with Gasteiger partial charge in [-0.2, -0.15) is 5.10 Å². The second kappa shape index (κ2) is 8.91. The average Bonchev–Trinajstić information content (AvgIpc) is 3.28. The van der Waals surface area contributed by atoms with Gasteiger partial charge >= 0.3 is 0 Å². The van der Waals surface area contributed by atoms with Crippen LogP contribution in [0.2, 0.25) is 0 Å². The van der Waals surface area contributed by atoms with Crippen molar-refractivity contribution in [1.29, 1.82) is 0 Å². The molecule has 31 heavy (non-hydrogen) atoms. The van der Waals surface area contributed by atoms with Crippen molar-refractivity contribution in [3.63, 3.8) is 0 Å². The number of rotatable bonds is 6. The molecule has 156 valence electrons. The predicted molar refractivity (Wildman–Crippen MR) is 126 cm³/mol. The first-order valence-electron chi connectivity index (χ1n) is 11.2. The Morgan fingerprint density at radius 3 is 1.77 bits per heavy atom. The molecule has 1 aromatic heterocycles. The van der Waals surface area contributed by atoms with E-state index in [1.54, 1.807) is 0 Å². The van der Waals surface area contributed by atoms with Crippen LogP contribution >= 0.6 is 0 Å². The van der Waals surface area contributed by atoms with E-state index in [1.165, 1.54) is 16.7 Å². The second-order valence-electron chi connectivity index (χ2n) is 8.58. The summed E-state index contributed by atoms with van der Waals surface area (Å²) in [5.74, 6) is 0. The zero-order valence-corrected chi connectivity index (χ0v) is 17.9. The summed E-state index contributed by atoms with van der Waals surface area (Å²) < 4.78 is 2.05. The van der Waals surface area contributed by atoms with Crippen LogP contribution < -0.4 is 0 Å². The van der Waals surface area contributed by atoms with Gasteiger partial charge in [0.05, 0.1) is 12.2 Å². The van der Waals surface area contributed by atoms with E-state index in [-0.39, 0.29) is 5.41 Å². The Morgan fingerprint density at radius 2 is 1.19 bits per heavy atom. The van der Waals surface area contributed by atoms with Crippen molar-refractivity contribution in [3.05, 3.63) is 126 Å². The summed E-state index contributed by atoms with van der Waals surface area (Å²) in [6, 6.07) is 34.8. The van der Waals surface area contributed by atoms with E-state index in [0.29, 0.717) is 0 Å². The van der Waals surface area contributed by atoms with Gasteiger partial charge in [0.2, 0.25) is 0 Å². The topological polar surface area (TPSA) is 21.1 Å². The molecule has 0 saturated carbocycles. The third-order valence-corrected chi connectivity index (χ3v) is 6.63. The molecule has 1 saturated heterocycles. The highest BCUT2D eigenvalue weighted by Crippen LogP contribution is 2.41. The van der Waals surface area contributed by atoms with Crippen LogP contribution in [-0.2, 0) is 18.5 Å². The third kappa shape index (κ3) is 4.33. The smallest absolute Gasteiger partial charge is 0.0764 e. The number of hydrogen-bond acceptors (Lipinski definition) is 2. The Morgan fingerprint density at radius 1 is 0.645 bits per heavy atom. The molecule has 3 heteroatoms. The van der Waals surface area contributed by atoms with E-state index in [4.69, 9.17) is 5.10 Å². The van der Waals surface area contributed by atoms with Crippen LogP contribution in [0.5, 0.6) is 0 Å². The minimum absolute atomic E-state index is 0.103. The van der Waals surface area contributed by atoms with Crippen LogP contribution in [0, 0.1) is 0 Å². The van der Waals surface area contributed by atoms with Crippen LogP contribution in [0.3, 0.4) is 0 Å². The third-order valence-electron chi connectivity index (χ3n) is 6.63. The first kappa shape index (κ1) is 19.8. The van der Waals surface area contributed by atoms with Gasteiger partial charge in [0.1, 0.15) is 0 Å². The minimum Gasteiger partial charge on any atom is -0.297 e. The molecule has 0 unspecified atom stereocenters. The van der Waals surface area contributed by atoms with Crippen LogP contribution in [-0.4, -0.2) is 27.8 Å². The SMILES string of the molecule is c1ccc(Cn2ccc(CN3CCC(c4ccccc4)(c4ccccc4)CC3)n2)cc1. The first-order valence-corrected chi connectivity index (χ1v) is 11.2. The number of aromatic nitrogens is 2. The number of piperidine rings is 1. The Labute approximate surface area is 185 Å². The highest BCUT2D eigenvalue weighted by molar-refractivity contribution is 5.40. The van der Waals surface area contributed by atoms with E-state index < -0.39 is 0 Å². The molecule has 2 heterocycles.